The third kappa shape index (κ3) is 4.77. The Kier molecular flexibility index (Phi) is 7.13. The summed E-state index contributed by atoms with van der Waals surface area (Å²) < 4.78 is 22.0. The van der Waals surface area contributed by atoms with Crippen LogP contribution in [0.2, 0.25) is 5.02 Å². The Labute approximate surface area is 212 Å². The van der Waals surface area contributed by atoms with Gasteiger partial charge in [-0.3, -0.25) is 0 Å². The van der Waals surface area contributed by atoms with E-state index in [1.807, 2.05) is 25.7 Å². The Bertz CT molecular complexity index is 1100. The fourth-order valence-corrected chi connectivity index (χ4v) is 6.29. The summed E-state index contributed by atoms with van der Waals surface area (Å²) >= 11 is 10.3. The van der Waals surface area contributed by atoms with Gasteiger partial charge >= 0.3 is 12.1 Å². The number of likely N-dealkylation sites (tertiary alicyclic amines) is 1. The van der Waals surface area contributed by atoms with Crippen molar-refractivity contribution in [1.29, 1.82) is 0 Å². The summed E-state index contributed by atoms with van der Waals surface area (Å²) in [7, 11) is 2.06. The Morgan fingerprint density at radius 3 is 2.47 bits per heavy atom. The van der Waals surface area contributed by atoms with Crippen LogP contribution in [0.15, 0.2) is 4.47 Å². The van der Waals surface area contributed by atoms with Crippen LogP contribution in [0.4, 0.5) is 15.0 Å². The maximum Gasteiger partial charge on any atom is 0.407 e. The molecule has 0 saturated carbocycles. The van der Waals surface area contributed by atoms with Gasteiger partial charge in [0.1, 0.15) is 17.9 Å². The third-order valence-electron chi connectivity index (χ3n) is 6.60. The zero-order chi connectivity index (χ0) is 24.8. The first-order valence-electron chi connectivity index (χ1n) is 11.4. The van der Waals surface area contributed by atoms with E-state index in [-0.39, 0.29) is 22.0 Å². The number of ether oxygens (including phenoxy) is 1. The summed E-state index contributed by atoms with van der Waals surface area (Å²) in [6, 6.07) is 0.346. The number of fused-ring (bicyclic) bond motifs is 1. The molecule has 2 aliphatic rings. The Morgan fingerprint density at radius 2 is 1.91 bits per heavy atom. The largest absolute Gasteiger partial charge is 0.465 e. The van der Waals surface area contributed by atoms with Gasteiger partial charge in [0.05, 0.1) is 14.9 Å². The minimum absolute atomic E-state index is 0.0883. The molecule has 1 aromatic heterocycles. The van der Waals surface area contributed by atoms with Crippen LogP contribution in [0.3, 0.4) is 0 Å². The molecule has 0 bridgehead atoms. The van der Waals surface area contributed by atoms with E-state index in [9.17, 15) is 9.90 Å². The number of nitrogens with zero attached hydrogens (tertiary/aromatic N) is 5. The van der Waals surface area contributed by atoms with Gasteiger partial charge in [0.25, 0.3) is 0 Å². The van der Waals surface area contributed by atoms with Crippen molar-refractivity contribution in [3.8, 4) is 6.01 Å². The van der Waals surface area contributed by atoms with Crippen LogP contribution in [0.5, 0.6) is 6.01 Å². The fraction of sp³-hybridized carbons (Fsp3) is 0.609. The van der Waals surface area contributed by atoms with E-state index in [1.54, 1.807) is 0 Å². The molecule has 1 atom stereocenters. The predicted octanol–water partition coefficient (Wildman–Crippen LogP) is 4.76. The van der Waals surface area contributed by atoms with Gasteiger partial charge in [0.2, 0.25) is 0 Å². The first kappa shape index (κ1) is 25.2. The molecule has 186 valence electrons. The van der Waals surface area contributed by atoms with Crippen LogP contribution in [-0.2, 0) is 5.41 Å². The normalized spacial score (nSPS) is 19.8. The van der Waals surface area contributed by atoms with Gasteiger partial charge in [-0.15, -0.1) is 0 Å². The number of likely N-dealkylation sites (N-methyl/N-ethyl adjacent to an activating group) is 1. The molecule has 0 radical (unpaired) electrons. The van der Waals surface area contributed by atoms with Gasteiger partial charge in [-0.05, 0) is 53.3 Å². The van der Waals surface area contributed by atoms with Gasteiger partial charge in [0.15, 0.2) is 5.82 Å². The molecule has 8 nitrogen and oxygen atoms in total. The van der Waals surface area contributed by atoms with Crippen molar-refractivity contribution in [1.82, 2.24) is 19.8 Å². The zero-order valence-corrected chi connectivity index (χ0v) is 22.2. The molecular weight excluding hydrogens is 529 g/mol. The molecule has 2 aromatic rings. The highest BCUT2D eigenvalue weighted by molar-refractivity contribution is 9.10. The Morgan fingerprint density at radius 1 is 1.24 bits per heavy atom. The van der Waals surface area contributed by atoms with Gasteiger partial charge < -0.3 is 24.5 Å². The number of aromatic nitrogens is 2. The molecule has 0 aliphatic carbocycles. The van der Waals surface area contributed by atoms with Crippen molar-refractivity contribution in [2.75, 3.05) is 51.3 Å². The lowest BCUT2D eigenvalue weighted by molar-refractivity contribution is 0.142. The van der Waals surface area contributed by atoms with E-state index >= 15 is 4.39 Å². The first-order valence-corrected chi connectivity index (χ1v) is 12.6. The van der Waals surface area contributed by atoms with E-state index in [1.165, 1.54) is 4.90 Å². The molecule has 0 spiro atoms. The molecule has 4 rings (SSSR count). The smallest absolute Gasteiger partial charge is 0.407 e. The van der Waals surface area contributed by atoms with Crippen molar-refractivity contribution in [2.45, 2.75) is 45.1 Å². The first-order chi connectivity index (χ1) is 16.0. The number of hydrogen-bond acceptors (Lipinski definition) is 6. The zero-order valence-electron chi connectivity index (χ0n) is 19.9. The van der Waals surface area contributed by atoms with E-state index in [2.05, 4.69) is 37.8 Å². The molecule has 2 fully saturated rings. The van der Waals surface area contributed by atoms with Crippen molar-refractivity contribution >= 4 is 50.3 Å². The quantitative estimate of drug-likeness (QED) is 0.542. The SMILES string of the molecule is CN1CCC[C@H]1COc1nc(N2CCN(C(=O)O)CC2)c2c(Cl)c(C(C)(C)C)c(Br)c(F)c2n1. The number of anilines is 1. The average Bonchev–Trinajstić information content (AvgIpc) is 3.19. The summed E-state index contributed by atoms with van der Waals surface area (Å²) in [5.41, 5.74) is 0.284. The van der Waals surface area contributed by atoms with Gasteiger partial charge in [0, 0.05) is 32.2 Å². The number of rotatable bonds is 4. The number of amides is 1. The Balaban J connectivity index is 1.81. The molecule has 0 unspecified atom stereocenters. The molecule has 11 heteroatoms. The van der Waals surface area contributed by atoms with Gasteiger partial charge in [-0.1, -0.05) is 32.4 Å². The molecule has 1 aromatic carbocycles. The third-order valence-corrected chi connectivity index (χ3v) is 7.73. The summed E-state index contributed by atoms with van der Waals surface area (Å²) in [4.78, 5) is 26.0. The van der Waals surface area contributed by atoms with Crippen molar-refractivity contribution < 1.29 is 19.0 Å². The summed E-state index contributed by atoms with van der Waals surface area (Å²) in [5.74, 6) is -0.0494. The lowest BCUT2D eigenvalue weighted by Crippen LogP contribution is -2.48. The molecule has 1 N–H and O–H groups in total. The number of carbonyl (C=O) groups is 1. The highest BCUT2D eigenvalue weighted by Crippen LogP contribution is 2.45. The second kappa shape index (κ2) is 9.62. The Hall–Kier alpha value is -1.91. The van der Waals surface area contributed by atoms with E-state index in [0.29, 0.717) is 54.6 Å². The summed E-state index contributed by atoms with van der Waals surface area (Å²) in [5, 5.41) is 10.1. The van der Waals surface area contributed by atoms with E-state index < -0.39 is 17.3 Å². The molecule has 1 amide bonds. The van der Waals surface area contributed by atoms with Gasteiger partial charge in [-0.25, -0.2) is 9.18 Å². The van der Waals surface area contributed by atoms with Crippen molar-refractivity contribution in [3.05, 3.63) is 20.9 Å². The highest BCUT2D eigenvalue weighted by Gasteiger charge is 2.32. The monoisotopic (exact) mass is 557 g/mol. The number of piperazine rings is 1. The van der Waals surface area contributed by atoms with Gasteiger partial charge in [-0.2, -0.15) is 9.97 Å². The topological polar surface area (TPSA) is 82.0 Å². The maximum absolute atomic E-state index is 15.7. The maximum atomic E-state index is 15.7. The van der Waals surface area contributed by atoms with Crippen LogP contribution < -0.4 is 9.64 Å². The van der Waals surface area contributed by atoms with Crippen LogP contribution >= 0.6 is 27.5 Å². The standard InChI is InChI=1S/C23H30BrClFN5O3/c1-23(2,3)15-16(24)18(26)19-14(17(15)25)20(30-8-10-31(11-9-30)22(32)33)28-21(27-19)34-12-13-6-5-7-29(13)4/h13H,5-12H2,1-4H3,(H,32,33)/t13-/m0/s1. The number of benzene rings is 1. The number of hydrogen-bond donors (Lipinski definition) is 1. The lowest BCUT2D eigenvalue weighted by Gasteiger charge is -2.35. The van der Waals surface area contributed by atoms with Crippen LogP contribution in [0.25, 0.3) is 10.9 Å². The van der Waals surface area contributed by atoms with Crippen molar-refractivity contribution in [2.24, 2.45) is 0 Å². The minimum atomic E-state index is -0.958. The minimum Gasteiger partial charge on any atom is -0.465 e. The second-order valence-electron chi connectivity index (χ2n) is 9.96. The number of carboxylic acid groups (broad SMARTS) is 1. The fourth-order valence-electron chi connectivity index (χ4n) is 4.65. The van der Waals surface area contributed by atoms with Crippen LogP contribution in [0, 0.1) is 5.82 Å². The molecular formula is C23H30BrClFN5O3. The van der Waals surface area contributed by atoms with Crippen LogP contribution in [-0.4, -0.2) is 83.4 Å². The number of halogens is 3. The lowest BCUT2D eigenvalue weighted by atomic mass is 9.86. The van der Waals surface area contributed by atoms with Crippen LogP contribution in [0.1, 0.15) is 39.2 Å². The highest BCUT2D eigenvalue weighted by atomic mass is 79.9. The average molecular weight is 559 g/mol. The molecule has 34 heavy (non-hydrogen) atoms. The summed E-state index contributed by atoms with van der Waals surface area (Å²) in [6.45, 7) is 8.75. The van der Waals surface area contributed by atoms with Crippen molar-refractivity contribution in [3.63, 3.8) is 0 Å². The predicted molar refractivity (Wildman–Crippen MR) is 134 cm³/mol. The molecule has 2 aliphatic heterocycles. The molecule has 3 heterocycles. The summed E-state index contributed by atoms with van der Waals surface area (Å²) in [6.07, 6.45) is 1.17. The molecule has 2 saturated heterocycles. The van der Waals surface area contributed by atoms with E-state index in [4.69, 9.17) is 16.3 Å². The second-order valence-corrected chi connectivity index (χ2v) is 11.1. The van der Waals surface area contributed by atoms with E-state index in [0.717, 1.165) is 19.4 Å².